The summed E-state index contributed by atoms with van der Waals surface area (Å²) in [4.78, 5) is 6.26. The Morgan fingerprint density at radius 3 is 0.876 bits per heavy atom. The van der Waals surface area contributed by atoms with Gasteiger partial charge >= 0.3 is 0 Å². The second-order valence-corrected chi connectivity index (χ2v) is 20.5. The number of aromatic nitrogens is 1. The zero-order valence-corrected chi connectivity index (χ0v) is 64.7. The normalized spacial score (nSPS) is 7.54. The average Bonchev–Trinajstić information content (AvgIpc) is 1.60. The predicted molar refractivity (Wildman–Crippen MR) is 479 cm³/mol. The zero-order valence-electron chi connectivity index (χ0n) is 63.1. The average molecular weight is 1560 g/mol. The number of ether oxygens (including phenoxy) is 2. The first-order chi connectivity index (χ1) is 60.1. The first-order valence-electron chi connectivity index (χ1n) is 33.4. The van der Waals surface area contributed by atoms with Crippen LogP contribution in [0.2, 0.25) is 0 Å². The van der Waals surface area contributed by atoms with Gasteiger partial charge in [-0.3, -0.25) is 4.90 Å². The van der Waals surface area contributed by atoms with E-state index >= 15 is 0 Å². The molecule has 0 fully saturated rings. The Balaban J connectivity index is 0.000000660. The Hall–Kier alpha value is -22.1. The van der Waals surface area contributed by atoms with Gasteiger partial charge in [0.1, 0.15) is 6.61 Å². The topological polar surface area (TPSA) is 37.5 Å². The van der Waals surface area contributed by atoms with E-state index < -0.39 is 0 Å². The lowest BCUT2D eigenvalue weighted by molar-refractivity contribution is 0.158. The van der Waals surface area contributed by atoms with Crippen LogP contribution in [-0.4, -0.2) is 23.5 Å². The molecule has 522 valence electrons. The van der Waals surface area contributed by atoms with Gasteiger partial charge in [0.05, 0.1) is 7.11 Å². The number of H-pyrrole nitrogens is 1. The number of hydrogen-bond acceptors (Lipinski definition) is 3. The molecular weight excluding hydrogens is 1530 g/mol. The maximum absolute atomic E-state index is 6.18. The zero-order chi connectivity index (χ0) is 85.2. The first-order valence-corrected chi connectivity index (χ1v) is 34.2. The lowest BCUT2D eigenvalue weighted by atomic mass is 9.85. The molecule has 121 heavy (non-hydrogen) atoms. The molecule has 1 aromatic heterocycles. The summed E-state index contributed by atoms with van der Waals surface area (Å²) in [5.74, 6) is 219. The van der Waals surface area contributed by atoms with Crippen molar-refractivity contribution in [3.63, 3.8) is 0 Å². The quantitative estimate of drug-likeness (QED) is 0.225. The standard InChI is InChI=1S/C89H4.C27H25BrN2O2/c1-3-5-7-9-11-13-15-17-19-21-23-25-27-29-31-33-35-37-39-41-43-45-47-49-51-53-55-57-59-61-63-65-67-69-71-73-75-77-79-81-83-85-87-89-88-86-84-82-80-78-76-74-72-70-68-66-64-62-60-58-56-54-52-50-48-46-44-42-40-38-36-34-32-30-28-26-24-22-20-18-16-14-12-10-8-6-4-2;1-31-25-14-19-18(12-26(25)32-16-17-6-3-2-4-7-17)10-11-30-15-23-20(13-24(19)30)27-21(28)8-5-9-22(27)29-23/h1H,2H3;2-9,12,14,24,29H,10-11,13,15-16H2,1H3. The van der Waals surface area contributed by atoms with E-state index in [0.29, 0.717) is 12.6 Å². The third kappa shape index (κ3) is 44.7. The molecule has 0 radical (unpaired) electrons. The van der Waals surface area contributed by atoms with Gasteiger partial charge in [0, 0.05) is 455 Å². The lowest BCUT2D eigenvalue weighted by Crippen LogP contribution is -2.39. The highest BCUT2D eigenvalue weighted by molar-refractivity contribution is 9.10. The highest BCUT2D eigenvalue weighted by atomic mass is 79.9. The lowest BCUT2D eigenvalue weighted by Gasteiger charge is -2.40. The molecule has 5 heteroatoms. The molecule has 4 aromatic rings. The van der Waals surface area contributed by atoms with E-state index in [-0.39, 0.29) is 0 Å². The Labute approximate surface area is 719 Å². The van der Waals surface area contributed by atoms with E-state index in [4.69, 9.17) is 15.9 Å². The second kappa shape index (κ2) is 65.0. The number of hydrogen-bond donors (Lipinski definition) is 1. The van der Waals surface area contributed by atoms with Crippen LogP contribution in [0.3, 0.4) is 0 Å². The number of benzene rings is 3. The van der Waals surface area contributed by atoms with E-state index in [1.165, 1.54) is 37.8 Å². The summed E-state index contributed by atoms with van der Waals surface area (Å²) < 4.78 is 13.1. The van der Waals surface area contributed by atoms with Crippen LogP contribution >= 0.6 is 15.9 Å². The molecule has 0 amide bonds. The molecular formula is C116H29BrN2O2. The number of nitrogens with zero attached hydrogens (tertiary/aromatic N) is 1. The summed E-state index contributed by atoms with van der Waals surface area (Å²) in [6.45, 7) is 4.23. The fourth-order valence-electron chi connectivity index (χ4n) is 7.97. The third-order valence-electron chi connectivity index (χ3n) is 12.3. The highest BCUT2D eigenvalue weighted by Crippen LogP contribution is 2.45. The van der Waals surface area contributed by atoms with Crippen molar-refractivity contribution in [2.45, 2.75) is 39.0 Å². The fraction of sp³-hybridized carbons (Fsp3) is 0.0690. The molecule has 2 aliphatic rings. The van der Waals surface area contributed by atoms with Crippen molar-refractivity contribution >= 4 is 26.8 Å². The van der Waals surface area contributed by atoms with Crippen molar-refractivity contribution in [3.05, 3.63) is 93.1 Å². The number of terminal acetylenes is 1. The summed E-state index contributed by atoms with van der Waals surface area (Å²) in [6.07, 6.45) is 6.97. The largest absolute Gasteiger partial charge is 0.493 e. The molecule has 1 N–H and O–H groups in total. The summed E-state index contributed by atoms with van der Waals surface area (Å²) in [5, 5.41) is 1.32. The summed E-state index contributed by atoms with van der Waals surface area (Å²) in [6, 6.07) is 21.4. The number of nitrogens with one attached hydrogen (secondary N) is 1. The Morgan fingerprint density at radius 2 is 0.612 bits per heavy atom. The van der Waals surface area contributed by atoms with Gasteiger partial charge < -0.3 is 14.5 Å². The van der Waals surface area contributed by atoms with Gasteiger partial charge in [-0.05, 0) is 161 Å². The molecule has 6 rings (SSSR count). The van der Waals surface area contributed by atoms with E-state index in [2.05, 4.69) is 583 Å². The summed E-state index contributed by atoms with van der Waals surface area (Å²) in [7, 11) is 1.73. The Morgan fingerprint density at radius 1 is 0.339 bits per heavy atom. The molecule has 0 bridgehead atoms. The maximum atomic E-state index is 6.18. The van der Waals surface area contributed by atoms with Crippen LogP contribution < -0.4 is 9.47 Å². The van der Waals surface area contributed by atoms with Crippen molar-refractivity contribution in [3.8, 4) is 533 Å². The minimum absolute atomic E-state index is 0.356. The van der Waals surface area contributed by atoms with E-state index in [0.717, 1.165) is 43.0 Å². The van der Waals surface area contributed by atoms with Crippen LogP contribution in [0.1, 0.15) is 40.9 Å². The molecule has 0 spiro atoms. The van der Waals surface area contributed by atoms with E-state index in [1.54, 1.807) is 14.0 Å². The second-order valence-electron chi connectivity index (χ2n) is 19.7. The molecule has 3 aromatic carbocycles. The van der Waals surface area contributed by atoms with Crippen LogP contribution in [0, 0.1) is 522 Å². The van der Waals surface area contributed by atoms with Gasteiger partial charge in [-0.25, -0.2) is 0 Å². The Bertz CT molecular complexity index is 8180. The monoisotopic (exact) mass is 1560 g/mol. The molecule has 1 unspecified atom stereocenters. The first kappa shape index (κ1) is 89.5. The van der Waals surface area contributed by atoms with Crippen molar-refractivity contribution in [1.82, 2.24) is 9.88 Å². The van der Waals surface area contributed by atoms with E-state index in [1.807, 2.05) is 18.2 Å². The predicted octanol–water partition coefficient (Wildman–Crippen LogP) is 6.96. The summed E-state index contributed by atoms with van der Waals surface area (Å²) in [5.41, 5.74) is 7.89. The van der Waals surface area contributed by atoms with E-state index in [9.17, 15) is 0 Å². The minimum Gasteiger partial charge on any atom is -0.493 e. The van der Waals surface area contributed by atoms with Gasteiger partial charge in [-0.1, -0.05) is 58.2 Å². The van der Waals surface area contributed by atoms with Gasteiger partial charge in [-0.2, -0.15) is 0 Å². The van der Waals surface area contributed by atoms with Crippen LogP contribution in [0.25, 0.3) is 10.9 Å². The molecule has 1 atom stereocenters. The number of aromatic amines is 1. The SMILES string of the molecule is C#CC#CC#CC#CC#CC#CC#CC#CC#CC#CC#CC#CC#CC#CC#CC#CC#CC#CC#CC#CC#CC#CC#CC#CC#CC#CC#CC#CC#CC#CC#CC#CC#CC#CC#CC#CC#CC#CC#CC#CC#CC#CC#CC#CC.COc1cc2c(cc1OCc1ccccc1)CCN1Cc3[nH]c4cccc(Br)c4c3CC21. The van der Waals surface area contributed by atoms with Crippen molar-refractivity contribution in [1.29, 1.82) is 0 Å². The van der Waals surface area contributed by atoms with Crippen LogP contribution in [0.5, 0.6) is 11.5 Å². The van der Waals surface area contributed by atoms with Crippen molar-refractivity contribution < 1.29 is 9.47 Å². The van der Waals surface area contributed by atoms with Crippen LogP contribution in [0.15, 0.2) is 65.1 Å². The summed E-state index contributed by atoms with van der Waals surface area (Å²) >= 11 is 3.77. The maximum Gasteiger partial charge on any atom is 0.161 e. The molecule has 2 aliphatic heterocycles. The minimum atomic E-state index is 0.356. The molecule has 4 nitrogen and oxygen atoms in total. The molecule has 0 aliphatic carbocycles. The number of rotatable bonds is 4. The molecule has 0 saturated heterocycles. The highest BCUT2D eigenvalue weighted by Gasteiger charge is 2.35. The molecule has 0 saturated carbocycles. The fourth-order valence-corrected chi connectivity index (χ4v) is 8.58. The Kier molecular flexibility index (Phi) is 48.1. The van der Waals surface area contributed by atoms with Gasteiger partial charge in [0.2, 0.25) is 0 Å². The number of methoxy groups -OCH3 is 1. The van der Waals surface area contributed by atoms with Crippen LogP contribution in [-0.2, 0) is 26.0 Å². The van der Waals surface area contributed by atoms with Gasteiger partial charge in [0.25, 0.3) is 0 Å². The smallest absolute Gasteiger partial charge is 0.161 e. The number of halogens is 1. The van der Waals surface area contributed by atoms with Crippen molar-refractivity contribution in [2.75, 3.05) is 13.7 Å². The third-order valence-corrected chi connectivity index (χ3v) is 13.0. The van der Waals surface area contributed by atoms with Crippen LogP contribution in [0.4, 0.5) is 0 Å². The van der Waals surface area contributed by atoms with Gasteiger partial charge in [0.15, 0.2) is 11.5 Å². The number of fused-ring (bicyclic) bond motifs is 6. The van der Waals surface area contributed by atoms with Gasteiger partial charge in [-0.15, -0.1) is 6.42 Å². The van der Waals surface area contributed by atoms with Crippen molar-refractivity contribution in [2.24, 2.45) is 0 Å². The molecule has 3 heterocycles.